The fourth-order valence-corrected chi connectivity index (χ4v) is 2.08. The summed E-state index contributed by atoms with van der Waals surface area (Å²) in [5, 5.41) is 10.1. The molecule has 0 heterocycles. The van der Waals surface area contributed by atoms with Gasteiger partial charge in [0.15, 0.2) is 0 Å². The van der Waals surface area contributed by atoms with Crippen LogP contribution >= 0.6 is 31.9 Å². The van der Waals surface area contributed by atoms with Crippen LogP contribution in [0.1, 0.15) is 32.4 Å². The molecule has 0 spiro atoms. The molecule has 0 amide bonds. The molecular formula is C12H17Br2NO. The Morgan fingerprint density at radius 3 is 2.19 bits per heavy atom. The molecule has 0 fully saturated rings. The Balaban J connectivity index is 2.97. The molecule has 0 aromatic heterocycles. The average molecular weight is 351 g/mol. The summed E-state index contributed by atoms with van der Waals surface area (Å²) in [4.78, 5) is 0. The Hall–Kier alpha value is 0.1000. The Morgan fingerprint density at radius 2 is 1.75 bits per heavy atom. The average Bonchev–Trinajstić information content (AvgIpc) is 2.18. The topological polar surface area (TPSA) is 46.2 Å². The normalized spacial score (nSPS) is 15.9. The molecule has 2 atom stereocenters. The predicted molar refractivity (Wildman–Crippen MR) is 74.2 cm³/mol. The van der Waals surface area contributed by atoms with E-state index in [9.17, 15) is 5.11 Å². The van der Waals surface area contributed by atoms with Gasteiger partial charge in [-0.2, -0.15) is 0 Å². The summed E-state index contributed by atoms with van der Waals surface area (Å²) in [5.74, 6) is 0. The highest BCUT2D eigenvalue weighted by atomic mass is 79.9. The zero-order valence-electron chi connectivity index (χ0n) is 9.67. The van der Waals surface area contributed by atoms with Crippen molar-refractivity contribution in [2.45, 2.75) is 32.9 Å². The number of hydrogen-bond acceptors (Lipinski definition) is 2. The first kappa shape index (κ1) is 14.2. The minimum Gasteiger partial charge on any atom is -0.391 e. The highest BCUT2D eigenvalue weighted by Gasteiger charge is 2.29. The molecule has 0 saturated carbocycles. The molecule has 4 heteroatoms. The third-order valence-electron chi connectivity index (χ3n) is 2.56. The summed E-state index contributed by atoms with van der Waals surface area (Å²) in [6, 6.07) is 5.41. The first-order chi connectivity index (χ1) is 7.23. The van der Waals surface area contributed by atoms with E-state index in [1.807, 2.05) is 39.0 Å². The summed E-state index contributed by atoms with van der Waals surface area (Å²) in [5.41, 5.74) is 6.76. The summed E-state index contributed by atoms with van der Waals surface area (Å²) in [6.07, 6.45) is -0.569. The van der Waals surface area contributed by atoms with Crippen molar-refractivity contribution in [3.63, 3.8) is 0 Å². The SMILES string of the molecule is CC(C)(C)[C@H](O)[C@H](N)c1ccc(Br)c(Br)c1. The smallest absolute Gasteiger partial charge is 0.0780 e. The van der Waals surface area contributed by atoms with Crippen molar-refractivity contribution < 1.29 is 5.11 Å². The van der Waals surface area contributed by atoms with E-state index < -0.39 is 6.10 Å². The predicted octanol–water partition coefficient (Wildman–Crippen LogP) is 3.62. The third kappa shape index (κ3) is 3.29. The Bertz CT molecular complexity index is 374. The largest absolute Gasteiger partial charge is 0.391 e. The number of hydrogen-bond donors (Lipinski definition) is 2. The second-order valence-electron chi connectivity index (χ2n) is 5.01. The van der Waals surface area contributed by atoms with Crippen molar-refractivity contribution >= 4 is 31.9 Å². The molecule has 0 bridgehead atoms. The van der Waals surface area contributed by atoms with Crippen LogP contribution in [0.4, 0.5) is 0 Å². The van der Waals surface area contributed by atoms with Crippen LogP contribution in [-0.4, -0.2) is 11.2 Å². The van der Waals surface area contributed by atoms with Crippen molar-refractivity contribution in [1.82, 2.24) is 0 Å². The highest BCUT2D eigenvalue weighted by molar-refractivity contribution is 9.13. The maximum absolute atomic E-state index is 10.1. The van der Waals surface area contributed by atoms with Gasteiger partial charge in [-0.3, -0.25) is 0 Å². The molecular weight excluding hydrogens is 334 g/mol. The lowest BCUT2D eigenvalue weighted by Crippen LogP contribution is -2.36. The number of benzene rings is 1. The molecule has 2 nitrogen and oxygen atoms in total. The lowest BCUT2D eigenvalue weighted by Gasteiger charge is -2.31. The van der Waals surface area contributed by atoms with Gasteiger partial charge >= 0.3 is 0 Å². The Morgan fingerprint density at radius 1 is 1.19 bits per heavy atom. The van der Waals surface area contributed by atoms with Crippen molar-refractivity contribution in [3.8, 4) is 0 Å². The molecule has 1 rings (SSSR count). The summed E-state index contributed by atoms with van der Waals surface area (Å²) < 4.78 is 1.93. The van der Waals surface area contributed by atoms with Crippen molar-refractivity contribution in [2.24, 2.45) is 11.1 Å². The molecule has 0 aliphatic carbocycles. The zero-order valence-corrected chi connectivity index (χ0v) is 12.8. The van der Waals surface area contributed by atoms with Gasteiger partial charge in [0.25, 0.3) is 0 Å². The van der Waals surface area contributed by atoms with Gasteiger partial charge in [-0.25, -0.2) is 0 Å². The standard InChI is InChI=1S/C12H17Br2NO/c1-12(2,3)11(16)10(15)7-4-5-8(13)9(14)6-7/h4-6,10-11,16H,15H2,1-3H3/t10-,11-/m1/s1. The van der Waals surface area contributed by atoms with Gasteiger partial charge in [-0.1, -0.05) is 26.8 Å². The molecule has 90 valence electrons. The number of aliphatic hydroxyl groups is 1. The van der Waals surface area contributed by atoms with Crippen LogP contribution in [-0.2, 0) is 0 Å². The minimum atomic E-state index is -0.569. The Kier molecular flexibility index (Phi) is 4.57. The third-order valence-corrected chi connectivity index (χ3v) is 4.44. The zero-order chi connectivity index (χ0) is 12.5. The second-order valence-corrected chi connectivity index (χ2v) is 6.72. The molecule has 0 aliphatic heterocycles. The molecule has 0 aliphatic rings. The van der Waals surface area contributed by atoms with Gasteiger partial charge in [0.1, 0.15) is 0 Å². The van der Waals surface area contributed by atoms with Gasteiger partial charge in [-0.05, 0) is 55.0 Å². The lowest BCUT2D eigenvalue weighted by atomic mass is 9.82. The first-order valence-corrected chi connectivity index (χ1v) is 6.70. The van der Waals surface area contributed by atoms with Crippen LogP contribution in [0, 0.1) is 5.41 Å². The summed E-state index contributed by atoms with van der Waals surface area (Å²) in [7, 11) is 0. The van der Waals surface area contributed by atoms with Gasteiger partial charge in [0.05, 0.1) is 12.1 Å². The maximum Gasteiger partial charge on any atom is 0.0780 e. The van der Waals surface area contributed by atoms with E-state index in [2.05, 4.69) is 31.9 Å². The number of rotatable bonds is 2. The summed E-state index contributed by atoms with van der Waals surface area (Å²) >= 11 is 6.83. The van der Waals surface area contributed by atoms with E-state index >= 15 is 0 Å². The van der Waals surface area contributed by atoms with Crippen molar-refractivity contribution in [2.75, 3.05) is 0 Å². The van der Waals surface area contributed by atoms with Crippen LogP contribution in [0.5, 0.6) is 0 Å². The van der Waals surface area contributed by atoms with Crippen LogP contribution in [0.3, 0.4) is 0 Å². The van der Waals surface area contributed by atoms with E-state index in [-0.39, 0.29) is 11.5 Å². The van der Waals surface area contributed by atoms with Crippen LogP contribution < -0.4 is 5.73 Å². The van der Waals surface area contributed by atoms with Crippen molar-refractivity contribution in [1.29, 1.82) is 0 Å². The molecule has 1 aromatic carbocycles. The Labute approximate surface area is 113 Å². The van der Waals surface area contributed by atoms with Crippen LogP contribution in [0.25, 0.3) is 0 Å². The van der Waals surface area contributed by atoms with E-state index in [1.54, 1.807) is 0 Å². The second kappa shape index (κ2) is 5.17. The summed E-state index contributed by atoms with van der Waals surface area (Å²) in [6.45, 7) is 5.93. The van der Waals surface area contributed by atoms with Crippen molar-refractivity contribution in [3.05, 3.63) is 32.7 Å². The van der Waals surface area contributed by atoms with Crippen LogP contribution in [0.15, 0.2) is 27.1 Å². The molecule has 0 radical (unpaired) electrons. The molecule has 0 unspecified atom stereocenters. The molecule has 3 N–H and O–H groups in total. The van der Waals surface area contributed by atoms with E-state index in [0.717, 1.165) is 14.5 Å². The maximum atomic E-state index is 10.1. The molecule has 1 aromatic rings. The minimum absolute atomic E-state index is 0.223. The lowest BCUT2D eigenvalue weighted by molar-refractivity contribution is 0.0401. The fourth-order valence-electron chi connectivity index (χ4n) is 1.44. The van der Waals surface area contributed by atoms with Gasteiger partial charge < -0.3 is 10.8 Å². The fraction of sp³-hybridized carbons (Fsp3) is 0.500. The number of aliphatic hydroxyl groups excluding tert-OH is 1. The van der Waals surface area contributed by atoms with E-state index in [4.69, 9.17) is 5.73 Å². The highest BCUT2D eigenvalue weighted by Crippen LogP contribution is 2.31. The number of halogens is 2. The number of nitrogens with two attached hydrogens (primary N) is 1. The first-order valence-electron chi connectivity index (χ1n) is 5.12. The molecule has 16 heavy (non-hydrogen) atoms. The quantitative estimate of drug-likeness (QED) is 0.855. The van der Waals surface area contributed by atoms with Gasteiger partial charge in [0, 0.05) is 8.95 Å². The van der Waals surface area contributed by atoms with Gasteiger partial charge in [-0.15, -0.1) is 0 Å². The van der Waals surface area contributed by atoms with Gasteiger partial charge in [0.2, 0.25) is 0 Å². The monoisotopic (exact) mass is 349 g/mol. The van der Waals surface area contributed by atoms with Crippen LogP contribution in [0.2, 0.25) is 0 Å². The van der Waals surface area contributed by atoms with E-state index in [0.29, 0.717) is 0 Å². The molecule has 0 saturated heterocycles. The van der Waals surface area contributed by atoms with E-state index in [1.165, 1.54) is 0 Å².